The summed E-state index contributed by atoms with van der Waals surface area (Å²) in [5.41, 5.74) is 5.48. The lowest BCUT2D eigenvalue weighted by molar-refractivity contribution is 0.0654. The van der Waals surface area contributed by atoms with Gasteiger partial charge in [0.15, 0.2) is 0 Å². The average Bonchev–Trinajstić information content (AvgIpc) is 2.27. The molecule has 0 aromatic heterocycles. The third-order valence-corrected chi connectivity index (χ3v) is 2.32. The number of ether oxygens (including phenoxy) is 2. The minimum Gasteiger partial charge on any atom is -0.382 e. The zero-order valence-electron chi connectivity index (χ0n) is 10.2. The van der Waals surface area contributed by atoms with Gasteiger partial charge in [-0.3, -0.25) is 0 Å². The number of nitrogens with zero attached hydrogens (tertiary/aromatic N) is 1. The van der Waals surface area contributed by atoms with Gasteiger partial charge in [-0.25, -0.2) is 0 Å². The summed E-state index contributed by atoms with van der Waals surface area (Å²) in [6.07, 6.45) is 2.17. The molecule has 0 rings (SSSR count). The smallest absolute Gasteiger partial charge is 0.0700 e. The van der Waals surface area contributed by atoms with E-state index in [2.05, 4.69) is 11.8 Å². The van der Waals surface area contributed by atoms with Crippen LogP contribution in [0.4, 0.5) is 0 Å². The van der Waals surface area contributed by atoms with Gasteiger partial charge in [0.2, 0.25) is 0 Å². The molecule has 0 aliphatic carbocycles. The summed E-state index contributed by atoms with van der Waals surface area (Å²) in [7, 11) is 1.69. The Morgan fingerprint density at radius 3 is 2.40 bits per heavy atom. The molecule has 0 unspecified atom stereocenters. The molecule has 4 nitrogen and oxygen atoms in total. The standard InChI is InChI=1S/C11H26N2O2/c1-3-13(7-4-6-12)8-5-9-15-11-10-14-2/h3-12H2,1-2H3. The van der Waals surface area contributed by atoms with Crippen LogP contribution in [0.3, 0.4) is 0 Å². The first-order valence-electron chi connectivity index (χ1n) is 5.84. The Labute approximate surface area is 93.7 Å². The van der Waals surface area contributed by atoms with E-state index in [1.54, 1.807) is 7.11 Å². The maximum atomic E-state index is 5.48. The molecule has 0 radical (unpaired) electrons. The van der Waals surface area contributed by atoms with E-state index >= 15 is 0 Å². The Morgan fingerprint density at radius 2 is 1.80 bits per heavy atom. The number of hydrogen-bond acceptors (Lipinski definition) is 4. The lowest BCUT2D eigenvalue weighted by atomic mass is 10.3. The Hall–Kier alpha value is -0.160. The summed E-state index contributed by atoms with van der Waals surface area (Å²) in [5, 5.41) is 0. The van der Waals surface area contributed by atoms with Gasteiger partial charge in [-0.05, 0) is 32.5 Å². The minimum absolute atomic E-state index is 0.685. The number of hydrogen-bond donors (Lipinski definition) is 1. The fourth-order valence-corrected chi connectivity index (χ4v) is 1.38. The molecule has 0 saturated carbocycles. The molecule has 4 heteroatoms. The summed E-state index contributed by atoms with van der Waals surface area (Å²) in [6, 6.07) is 0. The molecule has 0 atom stereocenters. The molecule has 0 aliphatic rings. The van der Waals surface area contributed by atoms with Gasteiger partial charge >= 0.3 is 0 Å². The second-order valence-corrected chi connectivity index (χ2v) is 3.54. The SMILES string of the molecule is CCN(CCCN)CCCOCCOC. The summed E-state index contributed by atoms with van der Waals surface area (Å²) >= 11 is 0. The Morgan fingerprint density at radius 1 is 1.07 bits per heavy atom. The van der Waals surface area contributed by atoms with E-state index in [1.807, 2.05) is 0 Å². The molecule has 15 heavy (non-hydrogen) atoms. The molecule has 0 aromatic carbocycles. The van der Waals surface area contributed by atoms with E-state index in [0.717, 1.165) is 45.6 Å². The maximum Gasteiger partial charge on any atom is 0.0700 e. The molecule has 0 heterocycles. The topological polar surface area (TPSA) is 47.7 Å². The third kappa shape index (κ3) is 10.1. The van der Waals surface area contributed by atoms with Crippen molar-refractivity contribution < 1.29 is 9.47 Å². The zero-order valence-corrected chi connectivity index (χ0v) is 10.2. The van der Waals surface area contributed by atoms with Crippen LogP contribution in [0.5, 0.6) is 0 Å². The van der Waals surface area contributed by atoms with Gasteiger partial charge in [0.05, 0.1) is 13.2 Å². The Bertz CT molecular complexity index is 123. The van der Waals surface area contributed by atoms with Gasteiger partial charge in [0, 0.05) is 20.3 Å². The second-order valence-electron chi connectivity index (χ2n) is 3.54. The molecule has 0 aromatic rings. The highest BCUT2D eigenvalue weighted by Gasteiger charge is 2.00. The molecule has 0 amide bonds. The van der Waals surface area contributed by atoms with Gasteiger partial charge in [-0.15, -0.1) is 0 Å². The third-order valence-electron chi connectivity index (χ3n) is 2.32. The van der Waals surface area contributed by atoms with Crippen LogP contribution in [-0.2, 0) is 9.47 Å². The minimum atomic E-state index is 0.685. The highest BCUT2D eigenvalue weighted by atomic mass is 16.5. The van der Waals surface area contributed by atoms with Crippen LogP contribution in [0.1, 0.15) is 19.8 Å². The maximum absolute atomic E-state index is 5.48. The van der Waals surface area contributed by atoms with Crippen LogP contribution in [0.25, 0.3) is 0 Å². The van der Waals surface area contributed by atoms with E-state index in [4.69, 9.17) is 15.2 Å². The first-order valence-corrected chi connectivity index (χ1v) is 5.84. The predicted octanol–water partition coefficient (Wildman–Crippen LogP) is 0.710. The number of rotatable bonds is 11. The molecule has 0 bridgehead atoms. The van der Waals surface area contributed by atoms with Crippen LogP contribution in [0.15, 0.2) is 0 Å². The first-order chi connectivity index (χ1) is 7.35. The normalized spacial score (nSPS) is 11.2. The number of methoxy groups -OCH3 is 1. The monoisotopic (exact) mass is 218 g/mol. The van der Waals surface area contributed by atoms with Crippen LogP contribution in [0, 0.1) is 0 Å². The van der Waals surface area contributed by atoms with Crippen molar-refractivity contribution >= 4 is 0 Å². The summed E-state index contributed by atoms with van der Waals surface area (Å²) in [5.74, 6) is 0. The highest BCUT2D eigenvalue weighted by molar-refractivity contribution is 4.55. The fourth-order valence-electron chi connectivity index (χ4n) is 1.38. The van der Waals surface area contributed by atoms with Crippen molar-refractivity contribution in [2.45, 2.75) is 19.8 Å². The first kappa shape index (κ1) is 14.8. The quantitative estimate of drug-likeness (QED) is 0.519. The Kier molecular flexibility index (Phi) is 11.8. The molecule has 0 saturated heterocycles. The van der Waals surface area contributed by atoms with Gasteiger partial charge < -0.3 is 20.1 Å². The highest BCUT2D eigenvalue weighted by Crippen LogP contribution is 1.94. The molecule has 0 aliphatic heterocycles. The summed E-state index contributed by atoms with van der Waals surface area (Å²) in [6.45, 7) is 8.47. The Balaban J connectivity index is 3.22. The van der Waals surface area contributed by atoms with E-state index in [0.29, 0.717) is 13.2 Å². The largest absolute Gasteiger partial charge is 0.382 e. The van der Waals surface area contributed by atoms with Crippen molar-refractivity contribution in [2.24, 2.45) is 5.73 Å². The van der Waals surface area contributed by atoms with Crippen molar-refractivity contribution in [1.82, 2.24) is 4.90 Å². The lowest BCUT2D eigenvalue weighted by Crippen LogP contribution is -2.28. The molecular formula is C11H26N2O2. The van der Waals surface area contributed by atoms with Crippen LogP contribution in [-0.4, -0.2) is 58.0 Å². The van der Waals surface area contributed by atoms with Crippen LogP contribution >= 0.6 is 0 Å². The van der Waals surface area contributed by atoms with E-state index in [9.17, 15) is 0 Å². The van der Waals surface area contributed by atoms with E-state index < -0.39 is 0 Å². The van der Waals surface area contributed by atoms with Crippen molar-refractivity contribution in [2.75, 3.05) is 53.1 Å². The van der Waals surface area contributed by atoms with Gasteiger partial charge in [-0.2, -0.15) is 0 Å². The van der Waals surface area contributed by atoms with Crippen molar-refractivity contribution in [3.8, 4) is 0 Å². The van der Waals surface area contributed by atoms with Crippen molar-refractivity contribution in [1.29, 1.82) is 0 Å². The van der Waals surface area contributed by atoms with E-state index in [-0.39, 0.29) is 0 Å². The second kappa shape index (κ2) is 11.9. The predicted molar refractivity (Wildman–Crippen MR) is 63.1 cm³/mol. The molecule has 0 fully saturated rings. The van der Waals surface area contributed by atoms with Crippen LogP contribution < -0.4 is 5.73 Å². The fraction of sp³-hybridized carbons (Fsp3) is 1.00. The summed E-state index contributed by atoms with van der Waals surface area (Å²) in [4.78, 5) is 2.41. The molecule has 92 valence electrons. The van der Waals surface area contributed by atoms with Crippen molar-refractivity contribution in [3.05, 3.63) is 0 Å². The molecule has 2 N–H and O–H groups in total. The molecule has 0 spiro atoms. The van der Waals surface area contributed by atoms with Gasteiger partial charge in [-0.1, -0.05) is 6.92 Å². The average molecular weight is 218 g/mol. The zero-order chi connectivity index (χ0) is 11.4. The summed E-state index contributed by atoms with van der Waals surface area (Å²) < 4.78 is 10.3. The number of nitrogens with two attached hydrogens (primary N) is 1. The van der Waals surface area contributed by atoms with Gasteiger partial charge in [0.25, 0.3) is 0 Å². The van der Waals surface area contributed by atoms with Gasteiger partial charge in [0.1, 0.15) is 0 Å². The lowest BCUT2D eigenvalue weighted by Gasteiger charge is -2.19. The van der Waals surface area contributed by atoms with Crippen molar-refractivity contribution in [3.63, 3.8) is 0 Å². The van der Waals surface area contributed by atoms with Crippen LogP contribution in [0.2, 0.25) is 0 Å². The van der Waals surface area contributed by atoms with E-state index in [1.165, 1.54) is 0 Å². The molecular weight excluding hydrogens is 192 g/mol.